The number of hydrogen-bond acceptors (Lipinski definition) is 4. The number of benzene rings is 1. The molecule has 1 aliphatic heterocycles. The molecule has 1 heterocycles. The quantitative estimate of drug-likeness (QED) is 0.815. The van der Waals surface area contributed by atoms with E-state index < -0.39 is 0 Å². The first-order valence-corrected chi connectivity index (χ1v) is 5.65. The lowest BCUT2D eigenvalue weighted by molar-refractivity contribution is -0.136. The van der Waals surface area contributed by atoms with E-state index in [0.29, 0.717) is 18.0 Å². The second-order valence-electron chi connectivity index (χ2n) is 3.77. The van der Waals surface area contributed by atoms with Gasteiger partial charge in [-0.15, -0.1) is 0 Å². The van der Waals surface area contributed by atoms with Crippen molar-refractivity contribution in [3.63, 3.8) is 0 Å². The van der Waals surface area contributed by atoms with Crippen molar-refractivity contribution < 1.29 is 14.3 Å². The van der Waals surface area contributed by atoms with Crippen molar-refractivity contribution in [2.75, 3.05) is 19.0 Å². The van der Waals surface area contributed by atoms with Crippen LogP contribution in [0.1, 0.15) is 6.92 Å². The van der Waals surface area contributed by atoms with E-state index in [2.05, 4.69) is 5.32 Å². The molecule has 0 radical (unpaired) electrons. The summed E-state index contributed by atoms with van der Waals surface area (Å²) in [6.07, 6.45) is 1.30. The summed E-state index contributed by atoms with van der Waals surface area (Å²) in [6.45, 7) is 2.13. The van der Waals surface area contributed by atoms with E-state index in [-0.39, 0.29) is 17.5 Å². The van der Waals surface area contributed by atoms with Gasteiger partial charge in [-0.25, -0.2) is 0 Å². The van der Waals surface area contributed by atoms with Crippen molar-refractivity contribution in [3.05, 3.63) is 36.0 Å². The Bertz CT molecular complexity index is 523. The molecule has 0 atom stereocenters. The van der Waals surface area contributed by atoms with E-state index >= 15 is 0 Å². The summed E-state index contributed by atoms with van der Waals surface area (Å²) in [4.78, 5) is 24.6. The summed E-state index contributed by atoms with van der Waals surface area (Å²) < 4.78 is 5.17. The molecule has 2 amide bonds. The van der Waals surface area contributed by atoms with Crippen molar-refractivity contribution in [2.45, 2.75) is 6.92 Å². The maximum Gasteiger partial charge on any atom is 0.277 e. The fourth-order valence-corrected chi connectivity index (χ4v) is 1.79. The number of carbonyl (C=O) groups is 2. The Morgan fingerprint density at radius 1 is 1.28 bits per heavy atom. The van der Waals surface area contributed by atoms with Gasteiger partial charge in [-0.2, -0.15) is 0 Å². The second-order valence-corrected chi connectivity index (χ2v) is 3.77. The standard InChI is InChI=1S/C13H14N2O3/c1-3-15-12(16)8-10(13(15)17)14-9-6-4-5-7-11(9)18-2/h4-8,14H,3H2,1-2H3. The summed E-state index contributed by atoms with van der Waals surface area (Å²) in [5.41, 5.74) is 0.928. The molecule has 1 aliphatic rings. The number of nitrogens with zero attached hydrogens (tertiary/aromatic N) is 1. The molecule has 0 aliphatic carbocycles. The average Bonchev–Trinajstić information content (AvgIpc) is 2.65. The Kier molecular flexibility index (Phi) is 3.32. The van der Waals surface area contributed by atoms with Crippen molar-refractivity contribution in [1.29, 1.82) is 0 Å². The molecule has 2 rings (SSSR count). The van der Waals surface area contributed by atoms with Crippen LogP contribution in [0.15, 0.2) is 36.0 Å². The number of imide groups is 1. The number of nitrogens with one attached hydrogen (secondary N) is 1. The zero-order valence-electron chi connectivity index (χ0n) is 10.3. The zero-order valence-corrected chi connectivity index (χ0v) is 10.3. The molecule has 94 valence electrons. The SMILES string of the molecule is CCN1C(=O)C=C(Nc2ccccc2OC)C1=O. The minimum absolute atomic E-state index is 0.270. The molecule has 1 N–H and O–H groups in total. The van der Waals surface area contributed by atoms with Gasteiger partial charge in [-0.05, 0) is 19.1 Å². The Morgan fingerprint density at radius 3 is 2.61 bits per heavy atom. The van der Waals surface area contributed by atoms with Crippen molar-refractivity contribution in [3.8, 4) is 5.75 Å². The van der Waals surface area contributed by atoms with Crippen LogP contribution in [-0.4, -0.2) is 30.4 Å². The highest BCUT2D eigenvalue weighted by molar-refractivity contribution is 6.17. The number of likely N-dealkylation sites (N-methyl/N-ethyl adjacent to an activating group) is 1. The largest absolute Gasteiger partial charge is 0.495 e. The van der Waals surface area contributed by atoms with E-state index in [4.69, 9.17) is 4.74 Å². The number of para-hydroxylation sites is 2. The van der Waals surface area contributed by atoms with E-state index in [1.165, 1.54) is 11.0 Å². The van der Waals surface area contributed by atoms with Gasteiger partial charge < -0.3 is 10.1 Å². The lowest BCUT2D eigenvalue weighted by Crippen LogP contribution is -2.31. The van der Waals surface area contributed by atoms with E-state index in [9.17, 15) is 9.59 Å². The zero-order chi connectivity index (χ0) is 13.1. The predicted molar refractivity (Wildman–Crippen MR) is 67.1 cm³/mol. The van der Waals surface area contributed by atoms with Crippen LogP contribution in [0.5, 0.6) is 5.75 Å². The Balaban J connectivity index is 2.23. The van der Waals surface area contributed by atoms with Gasteiger partial charge in [0.1, 0.15) is 11.4 Å². The fraction of sp³-hybridized carbons (Fsp3) is 0.231. The predicted octanol–water partition coefficient (Wildman–Crippen LogP) is 1.38. The van der Waals surface area contributed by atoms with E-state index in [0.717, 1.165) is 0 Å². The van der Waals surface area contributed by atoms with Crippen molar-refractivity contribution >= 4 is 17.5 Å². The van der Waals surface area contributed by atoms with E-state index in [1.807, 2.05) is 12.1 Å². The van der Waals surface area contributed by atoms with Gasteiger partial charge in [-0.1, -0.05) is 12.1 Å². The molecule has 1 aromatic rings. The van der Waals surface area contributed by atoms with Crippen molar-refractivity contribution in [1.82, 2.24) is 4.90 Å². The number of ether oxygens (including phenoxy) is 1. The van der Waals surface area contributed by atoms with Crippen LogP contribution in [0.2, 0.25) is 0 Å². The topological polar surface area (TPSA) is 58.6 Å². The van der Waals surface area contributed by atoms with Crippen LogP contribution >= 0.6 is 0 Å². The third-order valence-corrected chi connectivity index (χ3v) is 2.70. The molecule has 0 saturated heterocycles. The number of rotatable bonds is 4. The molecule has 0 aromatic heterocycles. The first-order valence-electron chi connectivity index (χ1n) is 5.65. The van der Waals surface area contributed by atoms with Gasteiger partial charge in [0.25, 0.3) is 11.8 Å². The highest BCUT2D eigenvalue weighted by Gasteiger charge is 2.29. The number of methoxy groups -OCH3 is 1. The summed E-state index contributed by atoms with van der Waals surface area (Å²) in [5.74, 6) is 0.0156. The number of hydrogen-bond donors (Lipinski definition) is 1. The third kappa shape index (κ3) is 2.07. The Hall–Kier alpha value is -2.30. The molecule has 0 bridgehead atoms. The van der Waals surface area contributed by atoms with Crippen LogP contribution in [0.25, 0.3) is 0 Å². The minimum atomic E-state index is -0.312. The molecule has 0 unspecified atom stereocenters. The van der Waals surface area contributed by atoms with Gasteiger partial charge in [0.15, 0.2) is 0 Å². The molecule has 18 heavy (non-hydrogen) atoms. The van der Waals surface area contributed by atoms with Gasteiger partial charge in [0.05, 0.1) is 12.8 Å². The highest BCUT2D eigenvalue weighted by Crippen LogP contribution is 2.26. The van der Waals surface area contributed by atoms with Crippen LogP contribution in [0, 0.1) is 0 Å². The molecule has 0 saturated carbocycles. The van der Waals surface area contributed by atoms with Crippen LogP contribution in [0.3, 0.4) is 0 Å². The monoisotopic (exact) mass is 246 g/mol. The third-order valence-electron chi connectivity index (χ3n) is 2.70. The number of carbonyl (C=O) groups excluding carboxylic acids is 2. The van der Waals surface area contributed by atoms with Gasteiger partial charge in [-0.3, -0.25) is 14.5 Å². The smallest absolute Gasteiger partial charge is 0.277 e. The summed E-state index contributed by atoms with van der Waals surface area (Å²) in [5, 5.41) is 2.93. The number of amides is 2. The summed E-state index contributed by atoms with van der Waals surface area (Å²) in [7, 11) is 1.55. The average molecular weight is 246 g/mol. The fourth-order valence-electron chi connectivity index (χ4n) is 1.79. The molecule has 0 spiro atoms. The highest BCUT2D eigenvalue weighted by atomic mass is 16.5. The second kappa shape index (κ2) is 4.91. The van der Waals surface area contributed by atoms with Gasteiger partial charge >= 0.3 is 0 Å². The molecular weight excluding hydrogens is 232 g/mol. The normalized spacial score (nSPS) is 14.8. The van der Waals surface area contributed by atoms with Crippen molar-refractivity contribution in [2.24, 2.45) is 0 Å². The molecule has 1 aromatic carbocycles. The molecule has 5 heteroatoms. The lowest BCUT2D eigenvalue weighted by atomic mass is 10.2. The summed E-state index contributed by atoms with van der Waals surface area (Å²) >= 11 is 0. The molecule has 5 nitrogen and oxygen atoms in total. The first-order chi connectivity index (χ1) is 8.67. The van der Waals surface area contributed by atoms with Crippen LogP contribution in [-0.2, 0) is 9.59 Å². The lowest BCUT2D eigenvalue weighted by Gasteiger charge is -2.13. The maximum atomic E-state index is 11.9. The van der Waals surface area contributed by atoms with Gasteiger partial charge in [0, 0.05) is 12.6 Å². The molecule has 0 fully saturated rings. The minimum Gasteiger partial charge on any atom is -0.495 e. The Morgan fingerprint density at radius 2 is 2.00 bits per heavy atom. The first kappa shape index (κ1) is 12.2. The number of anilines is 1. The molecular formula is C13H14N2O3. The van der Waals surface area contributed by atoms with Crippen LogP contribution < -0.4 is 10.1 Å². The van der Waals surface area contributed by atoms with Gasteiger partial charge in [0.2, 0.25) is 0 Å². The Labute approximate surface area is 105 Å². The maximum absolute atomic E-state index is 11.9. The van der Waals surface area contributed by atoms with Crippen LogP contribution in [0.4, 0.5) is 5.69 Å². The summed E-state index contributed by atoms with van der Waals surface area (Å²) in [6, 6.07) is 7.22. The van der Waals surface area contributed by atoms with E-state index in [1.54, 1.807) is 26.2 Å².